The van der Waals surface area contributed by atoms with Gasteiger partial charge >= 0.3 is 0 Å². The Kier molecular flexibility index (Phi) is 4.15. The minimum Gasteiger partial charge on any atom is -0.369 e. The molecule has 0 aliphatic carbocycles. The third kappa shape index (κ3) is 2.79. The predicted octanol–water partition coefficient (Wildman–Crippen LogP) is 1.79. The van der Waals surface area contributed by atoms with Gasteiger partial charge in [-0.3, -0.25) is 0 Å². The Morgan fingerprint density at radius 2 is 2.06 bits per heavy atom. The van der Waals surface area contributed by atoms with E-state index in [0.29, 0.717) is 0 Å². The minimum absolute atomic E-state index is 0.889. The summed E-state index contributed by atoms with van der Waals surface area (Å²) in [5.41, 5.74) is 2.08. The van der Waals surface area contributed by atoms with Crippen LogP contribution in [0.1, 0.15) is 19.4 Å². The van der Waals surface area contributed by atoms with Gasteiger partial charge in [-0.15, -0.1) is 0 Å². The lowest BCUT2D eigenvalue weighted by molar-refractivity contribution is 0.316. The van der Waals surface area contributed by atoms with Crippen molar-refractivity contribution < 1.29 is 0 Å². The predicted molar refractivity (Wildman–Crippen MR) is 74.0 cm³/mol. The number of aromatic nitrogens is 3. The highest BCUT2D eigenvalue weighted by atomic mass is 15.3. The Morgan fingerprint density at radius 3 is 2.78 bits per heavy atom. The Bertz CT molecular complexity index is 501. The molecular formula is C13H21N5. The van der Waals surface area contributed by atoms with Gasteiger partial charge in [-0.25, -0.2) is 4.98 Å². The van der Waals surface area contributed by atoms with Crippen LogP contribution in [-0.4, -0.2) is 45.7 Å². The summed E-state index contributed by atoms with van der Waals surface area (Å²) < 4.78 is 1.84. The highest BCUT2D eigenvalue weighted by molar-refractivity contribution is 5.51. The Labute approximate surface area is 108 Å². The maximum absolute atomic E-state index is 4.23. The van der Waals surface area contributed by atoms with Gasteiger partial charge in [-0.05, 0) is 37.7 Å². The molecule has 2 heterocycles. The van der Waals surface area contributed by atoms with Crippen LogP contribution in [0.2, 0.25) is 0 Å². The first-order valence-electron chi connectivity index (χ1n) is 6.51. The van der Waals surface area contributed by atoms with E-state index in [9.17, 15) is 0 Å². The monoisotopic (exact) mass is 247 g/mol. The number of aryl methyl sites for hydroxylation is 1. The number of nitrogens with zero attached hydrogens (tertiary/aromatic N) is 4. The Hall–Kier alpha value is -1.62. The van der Waals surface area contributed by atoms with Crippen molar-refractivity contribution in [3.63, 3.8) is 0 Å². The van der Waals surface area contributed by atoms with Crippen molar-refractivity contribution in [3.8, 4) is 0 Å². The van der Waals surface area contributed by atoms with Crippen molar-refractivity contribution in [2.75, 3.05) is 31.5 Å². The van der Waals surface area contributed by atoms with Crippen molar-refractivity contribution in [1.29, 1.82) is 0 Å². The summed E-state index contributed by atoms with van der Waals surface area (Å²) in [5.74, 6) is 1.01. The fraction of sp³-hybridized carbons (Fsp3) is 0.538. The summed E-state index contributed by atoms with van der Waals surface area (Å²) in [6.45, 7) is 10.6. The standard InChI is InChI=1S/C13H21N5/c1-4-17(5-2)7-6-14-12-8-11(3)9-13-15-10-16-18(12)13/h8-10,14H,4-7H2,1-3H3. The summed E-state index contributed by atoms with van der Waals surface area (Å²) >= 11 is 0. The SMILES string of the molecule is CCN(CC)CCNc1cc(C)cc2ncnn12. The Balaban J connectivity index is 2.05. The quantitative estimate of drug-likeness (QED) is 0.845. The van der Waals surface area contributed by atoms with Crippen LogP contribution < -0.4 is 5.32 Å². The second-order valence-corrected chi connectivity index (χ2v) is 4.40. The van der Waals surface area contributed by atoms with Crippen LogP contribution in [0.25, 0.3) is 5.65 Å². The van der Waals surface area contributed by atoms with E-state index in [-0.39, 0.29) is 0 Å². The van der Waals surface area contributed by atoms with Crippen molar-refractivity contribution in [2.45, 2.75) is 20.8 Å². The zero-order valence-corrected chi connectivity index (χ0v) is 11.3. The van der Waals surface area contributed by atoms with Gasteiger partial charge in [-0.1, -0.05) is 13.8 Å². The molecule has 0 saturated carbocycles. The Morgan fingerprint density at radius 1 is 1.28 bits per heavy atom. The first-order chi connectivity index (χ1) is 8.74. The number of nitrogens with one attached hydrogen (secondary N) is 1. The van der Waals surface area contributed by atoms with Crippen molar-refractivity contribution in [2.24, 2.45) is 0 Å². The van der Waals surface area contributed by atoms with Crippen LogP contribution >= 0.6 is 0 Å². The number of hydrogen-bond donors (Lipinski definition) is 1. The molecule has 0 atom stereocenters. The summed E-state index contributed by atoms with van der Waals surface area (Å²) in [5, 5.41) is 7.66. The lowest BCUT2D eigenvalue weighted by Gasteiger charge is -2.18. The molecule has 2 aromatic heterocycles. The lowest BCUT2D eigenvalue weighted by atomic mass is 10.3. The lowest BCUT2D eigenvalue weighted by Crippen LogP contribution is -2.29. The van der Waals surface area contributed by atoms with Gasteiger partial charge in [0.05, 0.1) is 0 Å². The van der Waals surface area contributed by atoms with Gasteiger partial charge in [0.25, 0.3) is 0 Å². The average molecular weight is 247 g/mol. The van der Waals surface area contributed by atoms with E-state index in [0.717, 1.165) is 37.6 Å². The molecule has 98 valence electrons. The van der Waals surface area contributed by atoms with Crippen molar-refractivity contribution >= 4 is 11.5 Å². The molecule has 0 unspecified atom stereocenters. The molecule has 18 heavy (non-hydrogen) atoms. The van der Waals surface area contributed by atoms with Crippen LogP contribution in [0, 0.1) is 6.92 Å². The molecule has 5 heteroatoms. The van der Waals surface area contributed by atoms with Gasteiger partial charge in [0.2, 0.25) is 0 Å². The summed E-state index contributed by atoms with van der Waals surface area (Å²) in [7, 11) is 0. The fourth-order valence-electron chi connectivity index (χ4n) is 2.06. The third-order valence-corrected chi connectivity index (χ3v) is 3.15. The number of anilines is 1. The minimum atomic E-state index is 0.889. The summed E-state index contributed by atoms with van der Waals surface area (Å²) in [4.78, 5) is 6.61. The molecule has 2 aromatic rings. The van der Waals surface area contributed by atoms with Crippen LogP contribution in [-0.2, 0) is 0 Å². The average Bonchev–Trinajstić information content (AvgIpc) is 2.82. The number of likely N-dealkylation sites (N-methyl/N-ethyl adjacent to an activating group) is 1. The zero-order chi connectivity index (χ0) is 13.0. The fourth-order valence-corrected chi connectivity index (χ4v) is 2.06. The molecule has 0 aliphatic rings. The molecule has 0 saturated heterocycles. The highest BCUT2D eigenvalue weighted by Gasteiger charge is 2.04. The van der Waals surface area contributed by atoms with E-state index in [1.807, 2.05) is 10.6 Å². The molecule has 5 nitrogen and oxygen atoms in total. The number of rotatable bonds is 6. The summed E-state index contributed by atoms with van der Waals surface area (Å²) in [6, 6.07) is 4.13. The van der Waals surface area contributed by atoms with E-state index in [1.54, 1.807) is 6.33 Å². The second kappa shape index (κ2) is 5.82. The smallest absolute Gasteiger partial charge is 0.157 e. The van der Waals surface area contributed by atoms with E-state index >= 15 is 0 Å². The molecule has 0 aliphatic heterocycles. The van der Waals surface area contributed by atoms with Gasteiger partial charge < -0.3 is 10.2 Å². The van der Waals surface area contributed by atoms with Crippen molar-refractivity contribution in [3.05, 3.63) is 24.0 Å². The molecule has 0 spiro atoms. The van der Waals surface area contributed by atoms with Gasteiger partial charge in [-0.2, -0.15) is 9.61 Å². The van der Waals surface area contributed by atoms with E-state index in [2.05, 4.69) is 47.1 Å². The normalized spacial score (nSPS) is 11.3. The van der Waals surface area contributed by atoms with Crippen LogP contribution in [0.5, 0.6) is 0 Å². The number of hydrogen-bond acceptors (Lipinski definition) is 4. The van der Waals surface area contributed by atoms with E-state index in [4.69, 9.17) is 0 Å². The molecule has 0 fully saturated rings. The maximum Gasteiger partial charge on any atom is 0.157 e. The molecule has 0 aromatic carbocycles. The summed E-state index contributed by atoms with van der Waals surface area (Å²) in [6.07, 6.45) is 1.59. The van der Waals surface area contributed by atoms with Crippen molar-refractivity contribution in [1.82, 2.24) is 19.5 Å². The number of pyridine rings is 1. The van der Waals surface area contributed by atoms with E-state index < -0.39 is 0 Å². The van der Waals surface area contributed by atoms with Crippen LogP contribution in [0.3, 0.4) is 0 Å². The maximum atomic E-state index is 4.23. The molecule has 0 amide bonds. The molecule has 0 bridgehead atoms. The topological polar surface area (TPSA) is 45.5 Å². The van der Waals surface area contributed by atoms with Gasteiger partial charge in [0.1, 0.15) is 12.1 Å². The first kappa shape index (κ1) is 12.8. The van der Waals surface area contributed by atoms with E-state index in [1.165, 1.54) is 5.56 Å². The van der Waals surface area contributed by atoms with Gasteiger partial charge in [0, 0.05) is 13.1 Å². The largest absolute Gasteiger partial charge is 0.369 e. The molecule has 1 N–H and O–H groups in total. The first-order valence-corrected chi connectivity index (χ1v) is 6.51. The molecule has 0 radical (unpaired) electrons. The second-order valence-electron chi connectivity index (χ2n) is 4.40. The van der Waals surface area contributed by atoms with Gasteiger partial charge in [0.15, 0.2) is 5.65 Å². The molecular weight excluding hydrogens is 226 g/mol. The third-order valence-electron chi connectivity index (χ3n) is 3.15. The van der Waals surface area contributed by atoms with Crippen LogP contribution in [0.15, 0.2) is 18.5 Å². The highest BCUT2D eigenvalue weighted by Crippen LogP contribution is 2.12. The zero-order valence-electron chi connectivity index (χ0n) is 11.3. The molecule has 2 rings (SSSR count). The van der Waals surface area contributed by atoms with Crippen LogP contribution in [0.4, 0.5) is 5.82 Å². The number of fused-ring (bicyclic) bond motifs is 1.